The molecule has 1 heterocycles. The highest BCUT2D eigenvalue weighted by molar-refractivity contribution is 5.69. The number of esters is 1. The first-order valence-electron chi connectivity index (χ1n) is 6.53. The Morgan fingerprint density at radius 2 is 1.95 bits per heavy atom. The third kappa shape index (κ3) is 5.06. The van der Waals surface area contributed by atoms with E-state index >= 15 is 0 Å². The minimum absolute atomic E-state index is 0.114. The summed E-state index contributed by atoms with van der Waals surface area (Å²) >= 11 is 0. The molecule has 0 unspecified atom stereocenters. The van der Waals surface area contributed by atoms with Crippen LogP contribution in [0.1, 0.15) is 33.6 Å². The van der Waals surface area contributed by atoms with Crippen molar-refractivity contribution in [3.8, 4) is 0 Å². The predicted molar refractivity (Wildman–Crippen MR) is 70.5 cm³/mol. The Bertz CT molecular complexity index is 338. The molecule has 6 nitrogen and oxygen atoms in total. The van der Waals surface area contributed by atoms with Crippen LogP contribution < -0.4 is 5.73 Å². The average Bonchev–Trinajstić information content (AvgIpc) is 2.65. The van der Waals surface area contributed by atoms with Gasteiger partial charge in [-0.1, -0.05) is 0 Å². The largest absolute Gasteiger partial charge is 0.469 e. The van der Waals surface area contributed by atoms with Gasteiger partial charge in [0, 0.05) is 25.6 Å². The molecule has 1 fully saturated rings. The molecule has 2 atom stereocenters. The minimum atomic E-state index is -0.509. The molecule has 0 radical (unpaired) electrons. The topological polar surface area (TPSA) is 81.9 Å². The molecule has 0 aromatic carbocycles. The molecule has 0 aromatic heterocycles. The summed E-state index contributed by atoms with van der Waals surface area (Å²) in [5, 5.41) is 0. The van der Waals surface area contributed by atoms with Gasteiger partial charge in [-0.3, -0.25) is 4.79 Å². The lowest BCUT2D eigenvalue weighted by atomic mass is 9.99. The van der Waals surface area contributed by atoms with Crippen molar-refractivity contribution in [2.24, 2.45) is 11.7 Å². The number of hydrogen-bond donors (Lipinski definition) is 1. The average molecular weight is 272 g/mol. The Kier molecular flexibility index (Phi) is 5.17. The summed E-state index contributed by atoms with van der Waals surface area (Å²) in [6.07, 6.45) is 0.618. The van der Waals surface area contributed by atoms with E-state index in [0.717, 1.165) is 0 Å². The van der Waals surface area contributed by atoms with Crippen LogP contribution >= 0.6 is 0 Å². The van der Waals surface area contributed by atoms with Crippen molar-refractivity contribution in [1.82, 2.24) is 4.90 Å². The molecule has 1 aliphatic heterocycles. The second-order valence-electron chi connectivity index (χ2n) is 5.92. The van der Waals surface area contributed by atoms with Crippen molar-refractivity contribution < 1.29 is 19.1 Å². The molecule has 1 rings (SSSR count). The zero-order valence-corrected chi connectivity index (χ0v) is 12.1. The molecule has 1 amide bonds. The second kappa shape index (κ2) is 6.23. The number of nitrogens with zero attached hydrogens (tertiary/aromatic N) is 1. The first-order valence-corrected chi connectivity index (χ1v) is 6.53. The lowest BCUT2D eigenvalue weighted by Crippen LogP contribution is -2.36. The number of amides is 1. The number of nitrogens with two attached hydrogens (primary N) is 1. The molecule has 2 N–H and O–H groups in total. The fourth-order valence-corrected chi connectivity index (χ4v) is 2.08. The first-order chi connectivity index (χ1) is 8.73. The second-order valence-corrected chi connectivity index (χ2v) is 5.92. The zero-order chi connectivity index (χ0) is 14.6. The van der Waals surface area contributed by atoms with Gasteiger partial charge in [-0.15, -0.1) is 0 Å². The monoisotopic (exact) mass is 272 g/mol. The van der Waals surface area contributed by atoms with E-state index in [-0.39, 0.29) is 24.0 Å². The van der Waals surface area contributed by atoms with Crippen LogP contribution in [-0.4, -0.2) is 48.8 Å². The maximum atomic E-state index is 11.9. The summed E-state index contributed by atoms with van der Waals surface area (Å²) in [6, 6.07) is -0.114. The molecular formula is C13H24N2O4. The molecule has 6 heteroatoms. The van der Waals surface area contributed by atoms with E-state index in [0.29, 0.717) is 25.9 Å². The van der Waals surface area contributed by atoms with Gasteiger partial charge < -0.3 is 20.1 Å². The molecule has 1 saturated heterocycles. The molecule has 0 bridgehead atoms. The quantitative estimate of drug-likeness (QED) is 0.779. The van der Waals surface area contributed by atoms with Crippen LogP contribution in [0.25, 0.3) is 0 Å². The summed E-state index contributed by atoms with van der Waals surface area (Å²) in [7, 11) is 1.36. The Hall–Kier alpha value is -1.30. The van der Waals surface area contributed by atoms with Crippen LogP contribution in [0.4, 0.5) is 4.79 Å². The highest BCUT2D eigenvalue weighted by Crippen LogP contribution is 2.22. The van der Waals surface area contributed by atoms with E-state index in [4.69, 9.17) is 10.5 Å². The Labute approximate surface area is 114 Å². The van der Waals surface area contributed by atoms with Crippen LogP contribution in [0.2, 0.25) is 0 Å². The maximum absolute atomic E-state index is 11.9. The molecule has 0 aliphatic carbocycles. The van der Waals surface area contributed by atoms with Crippen molar-refractivity contribution in [3.63, 3.8) is 0 Å². The van der Waals surface area contributed by atoms with Gasteiger partial charge in [-0.05, 0) is 33.1 Å². The molecule has 1 aliphatic rings. The Morgan fingerprint density at radius 3 is 2.47 bits per heavy atom. The number of carbonyl (C=O) groups is 2. The van der Waals surface area contributed by atoms with E-state index < -0.39 is 5.60 Å². The Morgan fingerprint density at radius 1 is 1.32 bits per heavy atom. The third-order valence-electron chi connectivity index (χ3n) is 3.09. The number of hydrogen-bond acceptors (Lipinski definition) is 5. The number of rotatable bonds is 3. The van der Waals surface area contributed by atoms with E-state index in [2.05, 4.69) is 4.74 Å². The van der Waals surface area contributed by atoms with Crippen molar-refractivity contribution in [2.45, 2.75) is 45.3 Å². The summed E-state index contributed by atoms with van der Waals surface area (Å²) < 4.78 is 9.91. The normalized spacial score (nSPS) is 23.3. The van der Waals surface area contributed by atoms with E-state index in [1.54, 1.807) is 4.90 Å². The van der Waals surface area contributed by atoms with Crippen molar-refractivity contribution in [3.05, 3.63) is 0 Å². The molecule has 0 saturated carbocycles. The van der Waals surface area contributed by atoms with Crippen LogP contribution in [0.15, 0.2) is 0 Å². The molecule has 0 aromatic rings. The number of likely N-dealkylation sites (tertiary alicyclic amines) is 1. The summed E-state index contributed by atoms with van der Waals surface area (Å²) in [5.74, 6) is -0.130. The van der Waals surface area contributed by atoms with Crippen LogP contribution in [0, 0.1) is 5.92 Å². The van der Waals surface area contributed by atoms with Crippen molar-refractivity contribution in [1.29, 1.82) is 0 Å². The van der Waals surface area contributed by atoms with Crippen molar-refractivity contribution >= 4 is 12.1 Å². The van der Waals surface area contributed by atoms with Crippen molar-refractivity contribution in [2.75, 3.05) is 20.2 Å². The number of carbonyl (C=O) groups excluding carboxylic acids is 2. The standard InChI is InChI=1S/C13H24N2O4/c1-13(2,3)19-12(17)15-7-9(10(14)8-15)5-6-11(16)18-4/h9-10H,5-8,14H2,1-4H3/t9-,10+/m0/s1. The summed E-state index contributed by atoms with van der Waals surface area (Å²) in [5.41, 5.74) is 5.49. The van der Waals surface area contributed by atoms with Gasteiger partial charge in [0.1, 0.15) is 5.60 Å². The van der Waals surface area contributed by atoms with E-state index in [1.165, 1.54) is 7.11 Å². The van der Waals surface area contributed by atoms with Gasteiger partial charge in [0.05, 0.1) is 7.11 Å². The maximum Gasteiger partial charge on any atom is 0.410 e. The molecule has 0 spiro atoms. The highest BCUT2D eigenvalue weighted by atomic mass is 16.6. The minimum Gasteiger partial charge on any atom is -0.469 e. The fraction of sp³-hybridized carbons (Fsp3) is 0.846. The third-order valence-corrected chi connectivity index (χ3v) is 3.09. The lowest BCUT2D eigenvalue weighted by molar-refractivity contribution is -0.140. The van der Waals surface area contributed by atoms with Crippen LogP contribution in [0.3, 0.4) is 0 Å². The molecule has 110 valence electrons. The van der Waals surface area contributed by atoms with E-state index in [9.17, 15) is 9.59 Å². The fourth-order valence-electron chi connectivity index (χ4n) is 2.08. The van der Waals surface area contributed by atoms with Gasteiger partial charge in [-0.2, -0.15) is 0 Å². The Balaban J connectivity index is 2.45. The van der Waals surface area contributed by atoms with Gasteiger partial charge in [0.15, 0.2) is 0 Å². The number of methoxy groups -OCH3 is 1. The van der Waals surface area contributed by atoms with Crippen LogP contribution in [0.5, 0.6) is 0 Å². The van der Waals surface area contributed by atoms with E-state index in [1.807, 2.05) is 20.8 Å². The summed E-state index contributed by atoms with van der Waals surface area (Å²) in [4.78, 5) is 24.6. The molecule has 19 heavy (non-hydrogen) atoms. The highest BCUT2D eigenvalue weighted by Gasteiger charge is 2.35. The molecular weight excluding hydrogens is 248 g/mol. The van der Waals surface area contributed by atoms with Gasteiger partial charge >= 0.3 is 12.1 Å². The van der Waals surface area contributed by atoms with Gasteiger partial charge in [-0.25, -0.2) is 4.79 Å². The zero-order valence-electron chi connectivity index (χ0n) is 12.1. The van der Waals surface area contributed by atoms with Gasteiger partial charge in [0.25, 0.3) is 0 Å². The SMILES string of the molecule is COC(=O)CC[C@H]1CN(C(=O)OC(C)(C)C)C[C@H]1N. The lowest BCUT2D eigenvalue weighted by Gasteiger charge is -2.24. The summed E-state index contributed by atoms with van der Waals surface area (Å²) in [6.45, 7) is 6.49. The smallest absolute Gasteiger partial charge is 0.410 e. The van der Waals surface area contributed by atoms with Gasteiger partial charge in [0.2, 0.25) is 0 Å². The number of ether oxygens (including phenoxy) is 2. The van der Waals surface area contributed by atoms with Crippen LogP contribution in [-0.2, 0) is 14.3 Å². The predicted octanol–water partition coefficient (Wildman–Crippen LogP) is 1.13. The first kappa shape index (κ1) is 15.8.